The fraction of sp³-hybridized carbons (Fsp3) is 0.154. The van der Waals surface area contributed by atoms with E-state index in [2.05, 4.69) is 9.97 Å². The van der Waals surface area contributed by atoms with Gasteiger partial charge in [0.1, 0.15) is 17.0 Å². The number of hydrogen-bond acceptors (Lipinski definition) is 5. The average Bonchev–Trinajstić information content (AvgIpc) is 3.28. The zero-order chi connectivity index (χ0) is 24.9. The van der Waals surface area contributed by atoms with Crippen LogP contribution in [0.4, 0.5) is 14.6 Å². The van der Waals surface area contributed by atoms with E-state index in [1.807, 2.05) is 54.8 Å². The van der Waals surface area contributed by atoms with Gasteiger partial charge in [-0.1, -0.05) is 26.0 Å². The van der Waals surface area contributed by atoms with Crippen molar-refractivity contribution in [1.82, 2.24) is 24.5 Å². The molecule has 0 aliphatic heterocycles. The number of benzene rings is 1. The highest BCUT2D eigenvalue weighted by Crippen LogP contribution is 2.32. The van der Waals surface area contributed by atoms with Crippen LogP contribution < -0.4 is 5.73 Å². The molecule has 5 rings (SSSR count). The second kappa shape index (κ2) is 10.6. The molecular weight excluding hydrogens is 470 g/mol. The molecule has 4 heterocycles. The summed E-state index contributed by atoms with van der Waals surface area (Å²) in [6.07, 6.45) is 0.387. The average molecular weight is 493 g/mol. The summed E-state index contributed by atoms with van der Waals surface area (Å²) < 4.78 is 27.7. The summed E-state index contributed by atoms with van der Waals surface area (Å²) in [6.45, 7) is 4.00. The lowest BCUT2D eigenvalue weighted by molar-refractivity contribution is 0.146. The maximum Gasteiger partial charge on any atom is 0.280 e. The van der Waals surface area contributed by atoms with Gasteiger partial charge in [0.2, 0.25) is 0 Å². The summed E-state index contributed by atoms with van der Waals surface area (Å²) in [5.41, 5.74) is 10.8. The van der Waals surface area contributed by atoms with Crippen LogP contribution in [0.1, 0.15) is 31.5 Å². The minimum absolute atomic E-state index is 0.279. The first kappa shape index (κ1) is 24.2. The molecule has 4 aromatic heterocycles. The van der Waals surface area contributed by atoms with E-state index in [4.69, 9.17) is 27.3 Å². The molecule has 9 heteroatoms. The number of hydrogen-bond donors (Lipinski definition) is 1. The van der Waals surface area contributed by atoms with Crippen LogP contribution in [0.5, 0.6) is 0 Å². The maximum absolute atomic E-state index is 12.9. The number of aromatic nitrogens is 5. The number of rotatable bonds is 5. The molecule has 0 atom stereocenters. The van der Waals surface area contributed by atoms with Crippen molar-refractivity contribution in [3.05, 3.63) is 84.3 Å². The first-order chi connectivity index (χ1) is 17.0. The number of pyridine rings is 3. The lowest BCUT2D eigenvalue weighted by Gasteiger charge is -2.11. The second-order valence-electron chi connectivity index (χ2n) is 7.32. The summed E-state index contributed by atoms with van der Waals surface area (Å²) in [5.74, 6) is 1.33. The molecule has 2 N–H and O–H groups in total. The Morgan fingerprint density at radius 1 is 0.943 bits per heavy atom. The van der Waals surface area contributed by atoms with E-state index in [0.29, 0.717) is 45.5 Å². The molecule has 0 fully saturated rings. The van der Waals surface area contributed by atoms with Crippen LogP contribution in [0.2, 0.25) is 0 Å². The molecule has 0 aliphatic carbocycles. The number of halogens is 3. The zero-order valence-corrected chi connectivity index (χ0v) is 19.9. The predicted octanol–water partition coefficient (Wildman–Crippen LogP) is 6.83. The van der Waals surface area contributed by atoms with Gasteiger partial charge in [-0.05, 0) is 54.1 Å². The number of fused-ring (bicyclic) bond motifs is 1. The van der Waals surface area contributed by atoms with E-state index in [1.54, 1.807) is 24.4 Å². The van der Waals surface area contributed by atoms with E-state index >= 15 is 0 Å². The van der Waals surface area contributed by atoms with Crippen LogP contribution in [0.25, 0.3) is 39.5 Å². The molecule has 0 bridgehead atoms. The first-order valence-electron chi connectivity index (χ1n) is 11.1. The SMILES string of the molecule is CC.Nc1ncccc1-c1nc2ccc(-c3ccc(C(F)F)nc3)nc2n1-c1ccc(CCl)cc1. The number of anilines is 1. The van der Waals surface area contributed by atoms with Crippen LogP contribution in [-0.4, -0.2) is 24.5 Å². The molecule has 178 valence electrons. The van der Waals surface area contributed by atoms with Crippen molar-refractivity contribution in [2.75, 3.05) is 5.73 Å². The highest BCUT2D eigenvalue weighted by Gasteiger charge is 2.19. The third kappa shape index (κ3) is 4.83. The molecule has 35 heavy (non-hydrogen) atoms. The van der Waals surface area contributed by atoms with Gasteiger partial charge in [0.25, 0.3) is 6.43 Å². The van der Waals surface area contributed by atoms with Gasteiger partial charge >= 0.3 is 0 Å². The van der Waals surface area contributed by atoms with Crippen molar-refractivity contribution in [3.8, 4) is 28.3 Å². The monoisotopic (exact) mass is 492 g/mol. The third-order valence-corrected chi connectivity index (χ3v) is 5.55. The Morgan fingerprint density at radius 3 is 2.34 bits per heavy atom. The highest BCUT2D eigenvalue weighted by molar-refractivity contribution is 6.17. The highest BCUT2D eigenvalue weighted by atomic mass is 35.5. The molecule has 0 spiro atoms. The number of imidazole rings is 1. The van der Waals surface area contributed by atoms with Gasteiger partial charge in [-0.3, -0.25) is 9.55 Å². The van der Waals surface area contributed by atoms with E-state index in [-0.39, 0.29) is 5.69 Å². The summed E-state index contributed by atoms with van der Waals surface area (Å²) in [5, 5.41) is 0. The molecule has 0 saturated heterocycles. The molecule has 0 amide bonds. The van der Waals surface area contributed by atoms with E-state index in [1.165, 1.54) is 12.3 Å². The first-order valence-corrected chi connectivity index (χ1v) is 11.6. The van der Waals surface area contributed by atoms with Gasteiger partial charge in [0, 0.05) is 29.5 Å². The van der Waals surface area contributed by atoms with Gasteiger partial charge < -0.3 is 5.73 Å². The normalized spacial score (nSPS) is 10.9. The van der Waals surface area contributed by atoms with Crippen LogP contribution >= 0.6 is 11.6 Å². The number of alkyl halides is 3. The van der Waals surface area contributed by atoms with Crippen molar-refractivity contribution < 1.29 is 8.78 Å². The third-order valence-electron chi connectivity index (χ3n) is 5.24. The summed E-state index contributed by atoms with van der Waals surface area (Å²) in [4.78, 5) is 17.6. The molecule has 1 aromatic carbocycles. The number of nitrogens with zero attached hydrogens (tertiary/aromatic N) is 5. The van der Waals surface area contributed by atoms with E-state index in [0.717, 1.165) is 11.3 Å². The van der Waals surface area contributed by atoms with Crippen molar-refractivity contribution >= 4 is 28.6 Å². The lowest BCUT2D eigenvalue weighted by atomic mass is 10.1. The Kier molecular flexibility index (Phi) is 7.31. The lowest BCUT2D eigenvalue weighted by Crippen LogP contribution is -2.02. The van der Waals surface area contributed by atoms with Crippen LogP contribution in [0, 0.1) is 0 Å². The Bertz CT molecular complexity index is 1430. The van der Waals surface area contributed by atoms with Crippen molar-refractivity contribution in [2.24, 2.45) is 0 Å². The predicted molar refractivity (Wildman–Crippen MR) is 136 cm³/mol. The van der Waals surface area contributed by atoms with Crippen molar-refractivity contribution in [1.29, 1.82) is 0 Å². The maximum atomic E-state index is 12.9. The minimum atomic E-state index is -2.63. The molecule has 0 radical (unpaired) electrons. The Hall–Kier alpha value is -3.91. The fourth-order valence-corrected chi connectivity index (χ4v) is 3.75. The minimum Gasteiger partial charge on any atom is -0.383 e. The number of nitrogens with two attached hydrogens (primary N) is 1. The molecule has 6 nitrogen and oxygen atoms in total. The molecule has 0 saturated carbocycles. The van der Waals surface area contributed by atoms with Crippen LogP contribution in [0.3, 0.4) is 0 Å². The van der Waals surface area contributed by atoms with E-state index < -0.39 is 6.43 Å². The topological polar surface area (TPSA) is 82.5 Å². The van der Waals surface area contributed by atoms with Crippen molar-refractivity contribution in [3.63, 3.8) is 0 Å². The summed E-state index contributed by atoms with van der Waals surface area (Å²) in [7, 11) is 0. The zero-order valence-electron chi connectivity index (χ0n) is 19.2. The fourth-order valence-electron chi connectivity index (χ4n) is 3.57. The van der Waals surface area contributed by atoms with Gasteiger partial charge in [-0.15, -0.1) is 11.6 Å². The standard InChI is InChI=1S/C24H17ClF2N6.C2H6/c25-12-14-3-6-16(7-4-14)33-23(17-2-1-11-29-22(17)28)32-20-10-9-18(31-24(20)33)15-5-8-19(21(26)27)30-13-15;1-2/h1-11,13,21H,12H2,(H2,28,29);1-2H3. The molecule has 0 aliphatic rings. The number of nitrogen functional groups attached to an aromatic ring is 1. The smallest absolute Gasteiger partial charge is 0.280 e. The van der Waals surface area contributed by atoms with Gasteiger partial charge in [0.15, 0.2) is 11.5 Å². The van der Waals surface area contributed by atoms with Crippen LogP contribution in [-0.2, 0) is 5.88 Å². The van der Waals surface area contributed by atoms with Crippen LogP contribution in [0.15, 0.2) is 73.1 Å². The van der Waals surface area contributed by atoms with Gasteiger partial charge in [-0.25, -0.2) is 23.7 Å². The quantitative estimate of drug-likeness (QED) is 0.272. The van der Waals surface area contributed by atoms with Gasteiger partial charge in [0.05, 0.1) is 11.3 Å². The molecule has 0 unspecified atom stereocenters. The summed E-state index contributed by atoms with van der Waals surface area (Å²) >= 11 is 5.96. The molecule has 5 aromatic rings. The second-order valence-corrected chi connectivity index (χ2v) is 7.59. The Labute approximate surface area is 206 Å². The Morgan fingerprint density at radius 2 is 1.71 bits per heavy atom. The van der Waals surface area contributed by atoms with Crippen molar-refractivity contribution in [2.45, 2.75) is 26.2 Å². The van der Waals surface area contributed by atoms with E-state index in [9.17, 15) is 8.78 Å². The molecular formula is C26H23ClF2N6. The van der Waals surface area contributed by atoms with Gasteiger partial charge in [-0.2, -0.15) is 0 Å². The summed E-state index contributed by atoms with van der Waals surface area (Å²) in [6, 6.07) is 17.9. The Balaban J connectivity index is 0.00000141. The largest absolute Gasteiger partial charge is 0.383 e.